The summed E-state index contributed by atoms with van der Waals surface area (Å²) in [6.45, 7) is 3.97. The van der Waals surface area contributed by atoms with Crippen LogP contribution in [0.3, 0.4) is 0 Å². The number of aliphatic hydroxyl groups is 1. The van der Waals surface area contributed by atoms with E-state index in [0.717, 1.165) is 16.9 Å². The Hall–Kier alpha value is -4.57. The number of benzene rings is 2. The third kappa shape index (κ3) is 4.18. The van der Waals surface area contributed by atoms with Crippen molar-refractivity contribution in [1.82, 2.24) is 9.97 Å². The molecule has 1 aliphatic rings. The zero-order valence-corrected chi connectivity index (χ0v) is 21.5. The molecule has 0 radical (unpaired) electrons. The Morgan fingerprint density at radius 2 is 1.84 bits per heavy atom. The van der Waals surface area contributed by atoms with Crippen LogP contribution in [-0.2, 0) is 9.59 Å². The number of ether oxygens (including phenoxy) is 1. The summed E-state index contributed by atoms with van der Waals surface area (Å²) in [4.78, 5) is 48.2. The zero-order chi connectivity index (χ0) is 27.1. The number of hydrogen-bond donors (Lipinski definition) is 2. The van der Waals surface area contributed by atoms with Gasteiger partial charge in [-0.15, -0.1) is 0 Å². The molecule has 1 saturated heterocycles. The number of anilines is 1. The van der Waals surface area contributed by atoms with Crippen molar-refractivity contribution in [2.24, 2.45) is 0 Å². The number of carboxylic acid groups (broad SMARTS) is 1. The van der Waals surface area contributed by atoms with Crippen LogP contribution in [0.1, 0.15) is 52.9 Å². The highest BCUT2D eigenvalue weighted by atomic mass is 32.1. The molecule has 1 unspecified atom stereocenters. The molecule has 0 bridgehead atoms. The number of aromatic nitrogens is 2. The van der Waals surface area contributed by atoms with Gasteiger partial charge in [0.25, 0.3) is 5.78 Å². The molecule has 2 aromatic carbocycles. The molecule has 9 nitrogen and oxygen atoms in total. The predicted octanol–water partition coefficient (Wildman–Crippen LogP) is 5.15. The molecule has 38 heavy (non-hydrogen) atoms. The number of hydrogen-bond acceptors (Lipinski definition) is 8. The minimum Gasteiger partial charge on any atom is -0.507 e. The second-order valence-corrected chi connectivity index (χ2v) is 10.1. The van der Waals surface area contributed by atoms with Gasteiger partial charge in [0, 0.05) is 18.0 Å². The Balaban J connectivity index is 1.70. The van der Waals surface area contributed by atoms with E-state index in [2.05, 4.69) is 9.97 Å². The van der Waals surface area contributed by atoms with Crippen molar-refractivity contribution in [3.05, 3.63) is 88.8 Å². The topological polar surface area (TPSA) is 130 Å². The maximum atomic E-state index is 13.4. The highest BCUT2D eigenvalue weighted by Crippen LogP contribution is 2.44. The van der Waals surface area contributed by atoms with E-state index in [0.29, 0.717) is 27.1 Å². The first-order valence-electron chi connectivity index (χ1n) is 11.7. The molecule has 4 aromatic rings. The van der Waals surface area contributed by atoms with Crippen LogP contribution in [-0.4, -0.2) is 45.0 Å². The fourth-order valence-corrected chi connectivity index (χ4v) is 5.55. The Morgan fingerprint density at radius 1 is 1.08 bits per heavy atom. The first kappa shape index (κ1) is 25.1. The van der Waals surface area contributed by atoms with Gasteiger partial charge in [0.05, 0.1) is 34.5 Å². The molecular formula is C28H23N3O6S. The summed E-state index contributed by atoms with van der Waals surface area (Å²) < 4.78 is 5.99. The van der Waals surface area contributed by atoms with Gasteiger partial charge in [-0.1, -0.05) is 31.3 Å². The minimum absolute atomic E-state index is 0.0765. The van der Waals surface area contributed by atoms with Crippen LogP contribution < -0.4 is 9.64 Å². The lowest BCUT2D eigenvalue weighted by Crippen LogP contribution is -2.29. The summed E-state index contributed by atoms with van der Waals surface area (Å²) in [6.07, 6.45) is 3.10. The number of ketones is 1. The summed E-state index contributed by atoms with van der Waals surface area (Å²) in [7, 11) is 1.56. The number of carboxylic acids is 1. The van der Waals surface area contributed by atoms with E-state index in [1.165, 1.54) is 23.2 Å². The average Bonchev–Trinajstić information content (AvgIpc) is 3.45. The number of rotatable bonds is 6. The lowest BCUT2D eigenvalue weighted by Gasteiger charge is -2.22. The molecule has 5 rings (SSSR count). The quantitative estimate of drug-likeness (QED) is 0.199. The van der Waals surface area contributed by atoms with Gasteiger partial charge in [-0.3, -0.25) is 19.5 Å². The van der Waals surface area contributed by atoms with E-state index in [4.69, 9.17) is 4.74 Å². The molecule has 1 amide bonds. The standard InChI is InChI=1S/C28H23N3O6S/c1-14(2)18-11-15(7-9-20(18)37-3)24(32)22-23(17-5-4-10-29-13-17)31(26(34)25(22)33)28-30-19-8-6-16(27(35)36)12-21(19)38-28/h4-14,23,32H,1-3H3,(H,35,36)/b24-22+. The molecule has 1 aliphatic heterocycles. The summed E-state index contributed by atoms with van der Waals surface area (Å²) in [6, 6.07) is 12.0. The molecule has 0 aliphatic carbocycles. The fraction of sp³-hybridized carbons (Fsp3) is 0.179. The number of thiazole rings is 1. The van der Waals surface area contributed by atoms with Gasteiger partial charge in [-0.05, 0) is 59.5 Å². The van der Waals surface area contributed by atoms with E-state index in [9.17, 15) is 24.6 Å². The van der Waals surface area contributed by atoms with Crippen LogP contribution in [0.15, 0.2) is 66.5 Å². The van der Waals surface area contributed by atoms with E-state index in [1.54, 1.807) is 49.7 Å². The largest absolute Gasteiger partial charge is 0.507 e. The van der Waals surface area contributed by atoms with Crippen molar-refractivity contribution < 1.29 is 29.3 Å². The number of aromatic carboxylic acids is 1. The Morgan fingerprint density at radius 3 is 2.50 bits per heavy atom. The Kier molecular flexibility index (Phi) is 6.41. The first-order valence-corrected chi connectivity index (χ1v) is 12.6. The molecule has 1 fully saturated rings. The number of methoxy groups -OCH3 is 1. The predicted molar refractivity (Wildman–Crippen MR) is 143 cm³/mol. The second-order valence-electron chi connectivity index (χ2n) is 9.05. The second kappa shape index (κ2) is 9.71. The summed E-state index contributed by atoms with van der Waals surface area (Å²) in [5.41, 5.74) is 2.20. The normalized spacial score (nSPS) is 16.9. The van der Waals surface area contributed by atoms with Gasteiger partial charge in [0.2, 0.25) is 0 Å². The Bertz CT molecular complexity index is 1630. The summed E-state index contributed by atoms with van der Waals surface area (Å²) >= 11 is 1.09. The lowest BCUT2D eigenvalue weighted by atomic mass is 9.94. The molecular weight excluding hydrogens is 506 g/mol. The van der Waals surface area contributed by atoms with Crippen molar-refractivity contribution in [3.8, 4) is 5.75 Å². The van der Waals surface area contributed by atoms with Crippen molar-refractivity contribution >= 4 is 50.1 Å². The number of pyridine rings is 1. The zero-order valence-electron chi connectivity index (χ0n) is 20.7. The molecule has 3 heterocycles. The number of carbonyl (C=O) groups is 3. The van der Waals surface area contributed by atoms with Gasteiger partial charge < -0.3 is 14.9 Å². The van der Waals surface area contributed by atoms with Crippen molar-refractivity contribution in [2.75, 3.05) is 12.0 Å². The number of aliphatic hydroxyl groups excluding tert-OH is 1. The van der Waals surface area contributed by atoms with Crippen LogP contribution >= 0.6 is 11.3 Å². The van der Waals surface area contributed by atoms with Crippen LogP contribution in [0.4, 0.5) is 5.13 Å². The van der Waals surface area contributed by atoms with Gasteiger partial charge in [0.1, 0.15) is 11.5 Å². The van der Waals surface area contributed by atoms with E-state index in [-0.39, 0.29) is 27.9 Å². The van der Waals surface area contributed by atoms with Gasteiger partial charge in [-0.2, -0.15) is 0 Å². The molecule has 1 atom stereocenters. The van der Waals surface area contributed by atoms with Crippen LogP contribution in [0.5, 0.6) is 5.75 Å². The van der Waals surface area contributed by atoms with Crippen LogP contribution in [0.2, 0.25) is 0 Å². The molecule has 10 heteroatoms. The van der Waals surface area contributed by atoms with Crippen LogP contribution in [0.25, 0.3) is 16.0 Å². The number of fused-ring (bicyclic) bond motifs is 1. The lowest BCUT2D eigenvalue weighted by molar-refractivity contribution is -0.132. The van der Waals surface area contributed by atoms with Crippen molar-refractivity contribution in [2.45, 2.75) is 25.8 Å². The molecule has 192 valence electrons. The van der Waals surface area contributed by atoms with Gasteiger partial charge in [-0.25, -0.2) is 9.78 Å². The van der Waals surface area contributed by atoms with E-state index < -0.39 is 23.7 Å². The third-order valence-corrected chi connectivity index (χ3v) is 7.42. The summed E-state index contributed by atoms with van der Waals surface area (Å²) in [5.74, 6) is -2.39. The SMILES string of the molecule is COc1ccc(/C(O)=C2\C(=O)C(=O)N(c3nc4ccc(C(=O)O)cc4s3)C2c2cccnc2)cc1C(C)C. The maximum absolute atomic E-state index is 13.4. The number of amides is 1. The van der Waals surface area contributed by atoms with Crippen LogP contribution in [0, 0.1) is 0 Å². The maximum Gasteiger partial charge on any atom is 0.335 e. The number of nitrogens with zero attached hydrogens (tertiary/aromatic N) is 3. The van der Waals surface area contributed by atoms with Crippen molar-refractivity contribution in [3.63, 3.8) is 0 Å². The minimum atomic E-state index is -1.09. The Labute approximate surface area is 221 Å². The van der Waals surface area contributed by atoms with Gasteiger partial charge >= 0.3 is 11.9 Å². The number of Topliss-reactive ketones (excluding diaryl/α,β-unsaturated/α-hetero) is 1. The smallest absolute Gasteiger partial charge is 0.335 e. The highest BCUT2D eigenvalue weighted by molar-refractivity contribution is 7.22. The third-order valence-electron chi connectivity index (χ3n) is 6.40. The fourth-order valence-electron chi connectivity index (χ4n) is 4.52. The van der Waals surface area contributed by atoms with Gasteiger partial charge in [0.15, 0.2) is 5.13 Å². The molecule has 0 saturated carbocycles. The first-order chi connectivity index (χ1) is 18.2. The molecule has 2 N–H and O–H groups in total. The van der Waals surface area contributed by atoms with E-state index in [1.807, 2.05) is 13.8 Å². The van der Waals surface area contributed by atoms with E-state index >= 15 is 0 Å². The molecule has 2 aromatic heterocycles. The molecule has 0 spiro atoms. The summed E-state index contributed by atoms with van der Waals surface area (Å²) in [5, 5.41) is 21.0. The average molecular weight is 530 g/mol. The highest BCUT2D eigenvalue weighted by Gasteiger charge is 2.48. The van der Waals surface area contributed by atoms with Crippen molar-refractivity contribution in [1.29, 1.82) is 0 Å². The monoisotopic (exact) mass is 529 g/mol. The number of carbonyl (C=O) groups excluding carboxylic acids is 2.